The first kappa shape index (κ1) is 18.7. The van der Waals surface area contributed by atoms with Crippen LogP contribution in [0.15, 0.2) is 47.5 Å². The number of aromatic amines is 1. The van der Waals surface area contributed by atoms with Crippen LogP contribution in [-0.2, 0) is 14.8 Å². The minimum absolute atomic E-state index is 0.332. The molecule has 0 aliphatic heterocycles. The van der Waals surface area contributed by atoms with E-state index in [2.05, 4.69) is 4.98 Å². The molecule has 2 N–H and O–H groups in total. The molecule has 5 nitrogen and oxygen atoms in total. The van der Waals surface area contributed by atoms with Crippen LogP contribution in [0, 0.1) is 24.4 Å². The Bertz CT molecular complexity index is 1180. The molecule has 27 heavy (non-hydrogen) atoms. The molecule has 0 aliphatic rings. The van der Waals surface area contributed by atoms with Crippen molar-refractivity contribution in [2.24, 2.45) is 0 Å². The molecule has 3 aromatic rings. The molecular formula is C18H13F3N2O3S. The van der Waals surface area contributed by atoms with Gasteiger partial charge in [0.05, 0.1) is 5.52 Å². The topological polar surface area (TPSA) is 79.0 Å². The van der Waals surface area contributed by atoms with Crippen molar-refractivity contribution in [2.75, 3.05) is 0 Å². The summed E-state index contributed by atoms with van der Waals surface area (Å²) in [6, 6.07) is 4.37. The number of aromatic nitrogens is 1. The third kappa shape index (κ3) is 3.87. The van der Waals surface area contributed by atoms with E-state index in [0.29, 0.717) is 28.6 Å². The van der Waals surface area contributed by atoms with Gasteiger partial charge in [-0.05, 0) is 42.8 Å². The lowest BCUT2D eigenvalue weighted by Crippen LogP contribution is -2.29. The van der Waals surface area contributed by atoms with Gasteiger partial charge in [0.1, 0.15) is 22.3 Å². The van der Waals surface area contributed by atoms with Crippen molar-refractivity contribution in [1.29, 1.82) is 0 Å². The lowest BCUT2D eigenvalue weighted by Gasteiger charge is -2.06. The lowest BCUT2D eigenvalue weighted by atomic mass is 10.1. The third-order valence-electron chi connectivity index (χ3n) is 3.82. The van der Waals surface area contributed by atoms with Gasteiger partial charge in [-0.3, -0.25) is 4.79 Å². The number of fused-ring (bicyclic) bond motifs is 1. The van der Waals surface area contributed by atoms with Gasteiger partial charge in [0.15, 0.2) is 0 Å². The Labute approximate surface area is 152 Å². The fourth-order valence-corrected chi connectivity index (χ4v) is 3.58. The molecule has 0 saturated carbocycles. The van der Waals surface area contributed by atoms with Crippen LogP contribution in [0.5, 0.6) is 0 Å². The monoisotopic (exact) mass is 394 g/mol. The first-order valence-corrected chi connectivity index (χ1v) is 9.13. The Kier molecular flexibility index (Phi) is 4.79. The summed E-state index contributed by atoms with van der Waals surface area (Å²) in [5, 5.41) is 0.621. The van der Waals surface area contributed by atoms with Crippen molar-refractivity contribution in [3.05, 3.63) is 71.2 Å². The number of rotatable bonds is 4. The van der Waals surface area contributed by atoms with Crippen molar-refractivity contribution in [1.82, 2.24) is 9.71 Å². The quantitative estimate of drug-likeness (QED) is 0.666. The molecule has 0 saturated heterocycles. The Balaban J connectivity index is 1.86. The maximum Gasteiger partial charge on any atom is 0.267 e. The summed E-state index contributed by atoms with van der Waals surface area (Å²) in [5.74, 6) is -3.87. The van der Waals surface area contributed by atoms with E-state index in [-0.39, 0.29) is 0 Å². The van der Waals surface area contributed by atoms with Gasteiger partial charge in [-0.25, -0.2) is 26.3 Å². The van der Waals surface area contributed by atoms with Crippen molar-refractivity contribution < 1.29 is 26.4 Å². The van der Waals surface area contributed by atoms with Gasteiger partial charge >= 0.3 is 0 Å². The number of hydrogen-bond donors (Lipinski definition) is 2. The maximum atomic E-state index is 13.7. The lowest BCUT2D eigenvalue weighted by molar-refractivity contribution is -0.114. The van der Waals surface area contributed by atoms with Crippen molar-refractivity contribution in [3.8, 4) is 0 Å². The van der Waals surface area contributed by atoms with Crippen LogP contribution in [0.4, 0.5) is 13.2 Å². The summed E-state index contributed by atoms with van der Waals surface area (Å²) in [5.41, 5.74) is 1.71. The Hall–Kier alpha value is -3.07. The Morgan fingerprint density at radius 1 is 1.11 bits per heavy atom. The van der Waals surface area contributed by atoms with Crippen molar-refractivity contribution >= 4 is 32.9 Å². The maximum absolute atomic E-state index is 13.7. The molecule has 0 spiro atoms. The minimum Gasteiger partial charge on any atom is -0.360 e. The number of amides is 1. The molecule has 3 rings (SSSR count). The second-order valence-corrected chi connectivity index (χ2v) is 7.42. The number of nitrogens with one attached hydrogen (secondary N) is 2. The summed E-state index contributed by atoms with van der Waals surface area (Å²) in [7, 11) is -4.53. The van der Waals surface area contributed by atoms with Crippen LogP contribution in [0.2, 0.25) is 0 Å². The molecule has 0 unspecified atom stereocenters. The van der Waals surface area contributed by atoms with Crippen LogP contribution in [0.25, 0.3) is 17.0 Å². The van der Waals surface area contributed by atoms with E-state index in [0.717, 1.165) is 17.7 Å². The fraction of sp³-hybridized carbons (Fsp3) is 0.0556. The normalized spacial score (nSPS) is 12.0. The highest BCUT2D eigenvalue weighted by atomic mass is 32.2. The predicted molar refractivity (Wildman–Crippen MR) is 93.7 cm³/mol. The second kappa shape index (κ2) is 6.92. The van der Waals surface area contributed by atoms with Crippen LogP contribution in [-0.4, -0.2) is 19.3 Å². The first-order valence-electron chi connectivity index (χ1n) is 7.64. The molecule has 0 bridgehead atoms. The molecule has 0 aliphatic carbocycles. The number of sulfonamides is 1. The van der Waals surface area contributed by atoms with E-state index in [9.17, 15) is 26.4 Å². The van der Waals surface area contributed by atoms with Crippen molar-refractivity contribution in [2.45, 2.75) is 11.8 Å². The standard InChI is InChI=1S/C18H13F3N2O3S/c1-10-9-22-18-11(6-13(20)7-14(10)18)2-5-17(24)23-27(25,26)16-4-3-12(19)8-15(16)21/h2-9,22H,1H3,(H,23,24)/b5-2+. The van der Waals surface area contributed by atoms with Gasteiger partial charge in [-0.15, -0.1) is 0 Å². The van der Waals surface area contributed by atoms with Gasteiger partial charge in [0, 0.05) is 29.3 Å². The molecule has 9 heteroatoms. The molecule has 0 radical (unpaired) electrons. The number of hydrogen-bond acceptors (Lipinski definition) is 3. The third-order valence-corrected chi connectivity index (χ3v) is 5.20. The van der Waals surface area contributed by atoms with E-state index in [4.69, 9.17) is 0 Å². The molecular weight excluding hydrogens is 381 g/mol. The number of halogens is 3. The van der Waals surface area contributed by atoms with Crippen LogP contribution >= 0.6 is 0 Å². The van der Waals surface area contributed by atoms with Crippen LogP contribution in [0.1, 0.15) is 11.1 Å². The fourth-order valence-electron chi connectivity index (χ4n) is 2.57. The summed E-state index contributed by atoms with van der Waals surface area (Å²) < 4.78 is 66.0. The van der Waals surface area contributed by atoms with Crippen molar-refractivity contribution in [3.63, 3.8) is 0 Å². The average Bonchev–Trinajstić information content (AvgIpc) is 2.93. The number of aryl methyl sites for hydroxylation is 1. The number of carbonyl (C=O) groups is 1. The van der Waals surface area contributed by atoms with E-state index in [1.165, 1.54) is 18.2 Å². The van der Waals surface area contributed by atoms with Gasteiger partial charge in [0.25, 0.3) is 15.9 Å². The molecule has 1 heterocycles. The molecule has 0 atom stereocenters. The highest BCUT2D eigenvalue weighted by Gasteiger charge is 2.21. The van der Waals surface area contributed by atoms with E-state index < -0.39 is 38.3 Å². The summed E-state index contributed by atoms with van der Waals surface area (Å²) in [6.07, 6.45) is 3.78. The summed E-state index contributed by atoms with van der Waals surface area (Å²) >= 11 is 0. The molecule has 1 aromatic heterocycles. The van der Waals surface area contributed by atoms with E-state index in [1.54, 1.807) is 17.8 Å². The molecule has 2 aromatic carbocycles. The van der Waals surface area contributed by atoms with E-state index in [1.807, 2.05) is 0 Å². The largest absolute Gasteiger partial charge is 0.360 e. The second-order valence-electron chi connectivity index (χ2n) is 5.77. The van der Waals surface area contributed by atoms with Gasteiger partial charge in [0.2, 0.25) is 0 Å². The SMILES string of the molecule is Cc1c[nH]c2c(/C=C/C(=O)NS(=O)(=O)c3ccc(F)cc3F)cc(F)cc12. The number of benzene rings is 2. The van der Waals surface area contributed by atoms with Gasteiger partial charge in [-0.2, -0.15) is 0 Å². The average molecular weight is 394 g/mol. The summed E-state index contributed by atoms with van der Waals surface area (Å²) in [6.45, 7) is 1.78. The van der Waals surface area contributed by atoms with Gasteiger partial charge in [-0.1, -0.05) is 0 Å². The summed E-state index contributed by atoms with van der Waals surface area (Å²) in [4.78, 5) is 14.0. The van der Waals surface area contributed by atoms with Gasteiger partial charge < -0.3 is 4.98 Å². The molecule has 140 valence electrons. The van der Waals surface area contributed by atoms with E-state index >= 15 is 0 Å². The Morgan fingerprint density at radius 2 is 1.85 bits per heavy atom. The zero-order chi connectivity index (χ0) is 19.8. The molecule has 1 amide bonds. The van der Waals surface area contributed by atoms with Crippen LogP contribution in [0.3, 0.4) is 0 Å². The zero-order valence-electron chi connectivity index (χ0n) is 13.9. The minimum atomic E-state index is -4.53. The highest BCUT2D eigenvalue weighted by molar-refractivity contribution is 7.90. The number of H-pyrrole nitrogens is 1. The smallest absolute Gasteiger partial charge is 0.267 e. The predicted octanol–water partition coefficient (Wildman–Crippen LogP) is 3.41. The first-order chi connectivity index (χ1) is 12.7. The number of carbonyl (C=O) groups excluding carboxylic acids is 1. The molecule has 0 fully saturated rings. The zero-order valence-corrected chi connectivity index (χ0v) is 14.7. The Morgan fingerprint density at radius 3 is 2.56 bits per heavy atom. The highest BCUT2D eigenvalue weighted by Crippen LogP contribution is 2.24. The van der Waals surface area contributed by atoms with Crippen LogP contribution < -0.4 is 4.72 Å².